The molecule has 118 valence electrons. The lowest BCUT2D eigenvalue weighted by Gasteiger charge is -2.30. The molecular formula is C17H23N3OS. The van der Waals surface area contributed by atoms with Gasteiger partial charge in [-0.2, -0.15) is 5.10 Å². The summed E-state index contributed by atoms with van der Waals surface area (Å²) in [6.07, 6.45) is 3.29. The molecule has 0 saturated carbocycles. The number of ketones is 1. The Kier molecular flexibility index (Phi) is 3.44. The van der Waals surface area contributed by atoms with Crippen molar-refractivity contribution in [3.05, 3.63) is 23.4 Å². The van der Waals surface area contributed by atoms with E-state index in [9.17, 15) is 4.79 Å². The van der Waals surface area contributed by atoms with Gasteiger partial charge in [-0.25, -0.2) is 0 Å². The van der Waals surface area contributed by atoms with Gasteiger partial charge >= 0.3 is 0 Å². The largest absolute Gasteiger partial charge is 0.372 e. The monoisotopic (exact) mass is 317 g/mol. The van der Waals surface area contributed by atoms with Gasteiger partial charge in [-0.3, -0.25) is 9.89 Å². The van der Waals surface area contributed by atoms with E-state index < -0.39 is 0 Å². The van der Waals surface area contributed by atoms with E-state index in [1.165, 1.54) is 5.56 Å². The van der Waals surface area contributed by atoms with Crippen molar-refractivity contribution in [1.29, 1.82) is 0 Å². The minimum atomic E-state index is -0.0723. The summed E-state index contributed by atoms with van der Waals surface area (Å²) in [5.74, 6) is 0.250. The van der Waals surface area contributed by atoms with Gasteiger partial charge in [0.25, 0.3) is 0 Å². The summed E-state index contributed by atoms with van der Waals surface area (Å²) < 4.78 is 0. The number of carbonyl (C=O) groups is 1. The SMILES string of the molecule is CC1(C)CC(=O)c2c(NC(C)(C)C)sc(-c3ccn[nH]3)c2C1. The number of nitrogens with zero attached hydrogens (tertiary/aromatic N) is 1. The van der Waals surface area contributed by atoms with Gasteiger partial charge in [0.2, 0.25) is 0 Å². The number of thiophene rings is 1. The highest BCUT2D eigenvalue weighted by Crippen LogP contribution is 2.47. The fraction of sp³-hybridized carbons (Fsp3) is 0.529. The minimum absolute atomic E-state index is 0.0128. The Morgan fingerprint density at radius 1 is 1.32 bits per heavy atom. The van der Waals surface area contributed by atoms with Crippen LogP contribution in [-0.2, 0) is 6.42 Å². The van der Waals surface area contributed by atoms with Gasteiger partial charge in [-0.1, -0.05) is 13.8 Å². The second kappa shape index (κ2) is 4.95. The number of rotatable bonds is 2. The number of anilines is 1. The van der Waals surface area contributed by atoms with Gasteiger partial charge in [-0.05, 0) is 44.2 Å². The summed E-state index contributed by atoms with van der Waals surface area (Å²) in [7, 11) is 0. The predicted octanol–water partition coefficient (Wildman–Crippen LogP) is 4.50. The zero-order chi connectivity index (χ0) is 16.1. The average Bonchev–Trinajstić information content (AvgIpc) is 2.93. The van der Waals surface area contributed by atoms with Crippen molar-refractivity contribution >= 4 is 22.1 Å². The zero-order valence-corrected chi connectivity index (χ0v) is 14.6. The Bertz CT molecular complexity index is 705. The van der Waals surface area contributed by atoms with Crippen LogP contribution in [0.4, 0.5) is 5.00 Å². The van der Waals surface area contributed by atoms with Gasteiger partial charge in [0.15, 0.2) is 5.78 Å². The van der Waals surface area contributed by atoms with E-state index in [1.54, 1.807) is 17.5 Å². The lowest BCUT2D eigenvalue weighted by Crippen LogP contribution is -2.29. The molecule has 2 N–H and O–H groups in total. The topological polar surface area (TPSA) is 57.8 Å². The van der Waals surface area contributed by atoms with Crippen molar-refractivity contribution < 1.29 is 4.79 Å². The van der Waals surface area contributed by atoms with Crippen LogP contribution in [0.3, 0.4) is 0 Å². The molecule has 5 heteroatoms. The average molecular weight is 317 g/mol. The number of hydrogen-bond donors (Lipinski definition) is 2. The summed E-state index contributed by atoms with van der Waals surface area (Å²) >= 11 is 1.66. The molecule has 0 saturated heterocycles. The van der Waals surface area contributed by atoms with E-state index in [1.807, 2.05) is 6.07 Å². The lowest BCUT2D eigenvalue weighted by atomic mass is 9.74. The molecule has 0 atom stereocenters. The fourth-order valence-electron chi connectivity index (χ4n) is 3.02. The summed E-state index contributed by atoms with van der Waals surface area (Å²) in [4.78, 5) is 13.9. The molecule has 0 aromatic carbocycles. The first kappa shape index (κ1) is 15.3. The second-order valence-corrected chi connectivity index (χ2v) is 8.92. The third-order valence-electron chi connectivity index (χ3n) is 3.81. The van der Waals surface area contributed by atoms with Crippen LogP contribution in [0, 0.1) is 5.41 Å². The van der Waals surface area contributed by atoms with E-state index in [2.05, 4.69) is 50.1 Å². The summed E-state index contributed by atoms with van der Waals surface area (Å²) in [5, 5.41) is 11.6. The molecule has 2 aromatic heterocycles. The molecule has 0 unspecified atom stereocenters. The molecule has 0 bridgehead atoms. The van der Waals surface area contributed by atoms with Crippen LogP contribution >= 0.6 is 11.3 Å². The molecule has 0 amide bonds. The molecule has 1 aliphatic carbocycles. The maximum absolute atomic E-state index is 12.7. The van der Waals surface area contributed by atoms with E-state index in [4.69, 9.17) is 0 Å². The van der Waals surface area contributed by atoms with Crippen LogP contribution in [0.1, 0.15) is 57.0 Å². The van der Waals surface area contributed by atoms with Crippen molar-refractivity contribution in [3.8, 4) is 10.6 Å². The van der Waals surface area contributed by atoms with Gasteiger partial charge in [0.1, 0.15) is 5.00 Å². The molecular weight excluding hydrogens is 294 g/mol. The Morgan fingerprint density at radius 3 is 2.64 bits per heavy atom. The Morgan fingerprint density at radius 2 is 2.05 bits per heavy atom. The van der Waals surface area contributed by atoms with Crippen LogP contribution in [0.5, 0.6) is 0 Å². The molecule has 2 aromatic rings. The van der Waals surface area contributed by atoms with Crippen molar-refractivity contribution in [1.82, 2.24) is 10.2 Å². The zero-order valence-electron chi connectivity index (χ0n) is 13.8. The third kappa shape index (κ3) is 2.82. The van der Waals surface area contributed by atoms with Crippen LogP contribution in [0.25, 0.3) is 10.6 Å². The maximum atomic E-state index is 12.7. The normalized spacial score (nSPS) is 17.4. The highest BCUT2D eigenvalue weighted by atomic mass is 32.1. The third-order valence-corrected chi connectivity index (χ3v) is 4.99. The molecule has 22 heavy (non-hydrogen) atoms. The van der Waals surface area contributed by atoms with Crippen molar-refractivity contribution in [2.75, 3.05) is 5.32 Å². The summed E-state index contributed by atoms with van der Waals surface area (Å²) in [6.45, 7) is 10.7. The van der Waals surface area contributed by atoms with Crippen LogP contribution in [0.15, 0.2) is 12.3 Å². The molecule has 2 heterocycles. The first-order chi connectivity index (χ1) is 10.2. The summed E-state index contributed by atoms with van der Waals surface area (Å²) in [5.41, 5.74) is 3.00. The van der Waals surface area contributed by atoms with E-state index >= 15 is 0 Å². The van der Waals surface area contributed by atoms with Gasteiger partial charge in [0.05, 0.1) is 16.1 Å². The first-order valence-electron chi connectivity index (χ1n) is 7.63. The fourth-order valence-corrected chi connectivity index (χ4v) is 4.44. The first-order valence-corrected chi connectivity index (χ1v) is 8.45. The van der Waals surface area contributed by atoms with Crippen LogP contribution in [0.2, 0.25) is 0 Å². The van der Waals surface area contributed by atoms with E-state index in [-0.39, 0.29) is 16.7 Å². The number of carbonyl (C=O) groups excluding carboxylic acids is 1. The van der Waals surface area contributed by atoms with E-state index in [0.29, 0.717) is 6.42 Å². The molecule has 3 rings (SSSR count). The second-order valence-electron chi connectivity index (χ2n) is 7.90. The number of fused-ring (bicyclic) bond motifs is 1. The minimum Gasteiger partial charge on any atom is -0.372 e. The lowest BCUT2D eigenvalue weighted by molar-refractivity contribution is 0.0914. The quantitative estimate of drug-likeness (QED) is 0.857. The standard InChI is InChI=1S/C17H23N3OS/c1-16(2,3)19-15-13-10(8-17(4,5)9-12(13)21)14(22-15)11-6-7-18-20-11/h6-7,19H,8-9H2,1-5H3,(H,18,20). The van der Waals surface area contributed by atoms with E-state index in [0.717, 1.165) is 27.6 Å². The van der Waals surface area contributed by atoms with Crippen molar-refractivity contribution in [2.45, 2.75) is 53.0 Å². The Hall–Kier alpha value is -1.62. The van der Waals surface area contributed by atoms with Gasteiger partial charge in [-0.15, -0.1) is 11.3 Å². The van der Waals surface area contributed by atoms with Crippen LogP contribution < -0.4 is 5.32 Å². The number of nitrogens with one attached hydrogen (secondary N) is 2. The summed E-state index contributed by atoms with van der Waals surface area (Å²) in [6, 6.07) is 1.97. The number of aromatic amines is 1. The maximum Gasteiger partial charge on any atom is 0.166 e. The molecule has 0 fully saturated rings. The highest BCUT2D eigenvalue weighted by molar-refractivity contribution is 7.20. The highest BCUT2D eigenvalue weighted by Gasteiger charge is 2.37. The number of aromatic nitrogens is 2. The predicted molar refractivity (Wildman–Crippen MR) is 91.7 cm³/mol. The van der Waals surface area contributed by atoms with Gasteiger partial charge in [0, 0.05) is 18.2 Å². The smallest absolute Gasteiger partial charge is 0.166 e. The Labute approximate surface area is 135 Å². The van der Waals surface area contributed by atoms with Crippen LogP contribution in [-0.4, -0.2) is 21.5 Å². The molecule has 0 radical (unpaired) electrons. The molecule has 4 nitrogen and oxygen atoms in total. The van der Waals surface area contributed by atoms with Crippen molar-refractivity contribution in [3.63, 3.8) is 0 Å². The molecule has 0 spiro atoms. The number of H-pyrrole nitrogens is 1. The molecule has 1 aliphatic rings. The molecule has 0 aliphatic heterocycles. The van der Waals surface area contributed by atoms with Crippen molar-refractivity contribution in [2.24, 2.45) is 5.41 Å². The number of hydrogen-bond acceptors (Lipinski definition) is 4. The van der Waals surface area contributed by atoms with Gasteiger partial charge < -0.3 is 5.32 Å². The number of Topliss-reactive ketones (excluding diaryl/α,β-unsaturated/α-hetero) is 1. The Balaban J connectivity index is 2.17.